The van der Waals surface area contributed by atoms with Crippen molar-refractivity contribution in [1.29, 1.82) is 0 Å². The minimum absolute atomic E-state index is 0.00358. The molecule has 0 spiro atoms. The summed E-state index contributed by atoms with van der Waals surface area (Å²) >= 11 is 0. The third-order valence-electron chi connectivity index (χ3n) is 4.41. The van der Waals surface area contributed by atoms with Crippen LogP contribution in [0.5, 0.6) is 0 Å². The van der Waals surface area contributed by atoms with Crippen LogP contribution in [0.4, 0.5) is 5.82 Å². The molecule has 0 aliphatic carbocycles. The van der Waals surface area contributed by atoms with Crippen molar-refractivity contribution in [2.75, 3.05) is 11.9 Å². The lowest BCUT2D eigenvalue weighted by Crippen LogP contribution is -2.38. The average Bonchev–Trinajstić information content (AvgIpc) is 3.27. The maximum absolute atomic E-state index is 9.23. The van der Waals surface area contributed by atoms with Gasteiger partial charge in [0.25, 0.3) is 0 Å². The number of aliphatic hydroxyl groups excluding tert-OH is 1. The smallest absolute Gasteiger partial charge is 0.142 e. The number of nitrogens with one attached hydrogen (secondary N) is 1. The van der Waals surface area contributed by atoms with Gasteiger partial charge in [-0.05, 0) is 12.5 Å². The largest absolute Gasteiger partial charge is 0.390 e. The fourth-order valence-electron chi connectivity index (χ4n) is 3.19. The first kappa shape index (κ1) is 16.4. The summed E-state index contributed by atoms with van der Waals surface area (Å²) in [5.74, 6) is 1.98. The molecule has 0 saturated heterocycles. The summed E-state index contributed by atoms with van der Waals surface area (Å²) in [5.41, 5.74) is 1.60. The molecule has 7 heteroatoms. The van der Waals surface area contributed by atoms with Gasteiger partial charge in [0.15, 0.2) is 0 Å². The molecule has 1 unspecified atom stereocenters. The lowest BCUT2D eigenvalue weighted by Gasteiger charge is -2.32. The molecule has 0 bridgehead atoms. The van der Waals surface area contributed by atoms with Crippen LogP contribution in [-0.4, -0.2) is 42.7 Å². The average molecular weight is 328 g/mol. The highest BCUT2D eigenvalue weighted by Gasteiger charge is 2.25. The summed E-state index contributed by atoms with van der Waals surface area (Å²) in [4.78, 5) is 18.5. The van der Waals surface area contributed by atoms with Crippen LogP contribution in [0.1, 0.15) is 31.8 Å². The van der Waals surface area contributed by atoms with Crippen molar-refractivity contribution in [3.8, 4) is 0 Å². The van der Waals surface area contributed by atoms with Crippen LogP contribution in [0.15, 0.2) is 24.8 Å². The first-order valence-corrected chi connectivity index (χ1v) is 8.43. The Kier molecular flexibility index (Phi) is 4.80. The number of hydrogen-bond donors (Lipinski definition) is 2. The Bertz CT molecular complexity index is 808. The summed E-state index contributed by atoms with van der Waals surface area (Å²) in [6, 6.07) is 2.35. The van der Waals surface area contributed by atoms with Crippen molar-refractivity contribution in [2.24, 2.45) is 0 Å². The van der Waals surface area contributed by atoms with E-state index >= 15 is 0 Å². The Morgan fingerprint density at radius 3 is 3.00 bits per heavy atom. The second-order valence-corrected chi connectivity index (χ2v) is 5.69. The van der Waals surface area contributed by atoms with Gasteiger partial charge in [-0.1, -0.05) is 13.8 Å². The molecule has 24 heavy (non-hydrogen) atoms. The Labute approximate surface area is 141 Å². The monoisotopic (exact) mass is 328 g/mol. The zero-order valence-electron chi connectivity index (χ0n) is 14.4. The van der Waals surface area contributed by atoms with Crippen molar-refractivity contribution in [1.82, 2.24) is 24.5 Å². The van der Waals surface area contributed by atoms with E-state index in [9.17, 15) is 5.11 Å². The Morgan fingerprint density at radius 1 is 1.38 bits per heavy atom. The summed E-state index contributed by atoms with van der Waals surface area (Å²) in [7, 11) is 2.07. The molecule has 0 radical (unpaired) electrons. The number of aliphatic hydroxyl groups is 1. The molecule has 128 valence electrons. The number of fused-ring (bicyclic) bond motifs is 2. The number of H-pyrrole nitrogens is 1. The van der Waals surface area contributed by atoms with Gasteiger partial charge in [0.05, 0.1) is 17.7 Å². The highest BCUT2D eigenvalue weighted by Crippen LogP contribution is 2.27. The minimum Gasteiger partial charge on any atom is -0.390 e. The second kappa shape index (κ2) is 7.00. The van der Waals surface area contributed by atoms with Crippen molar-refractivity contribution >= 4 is 16.9 Å². The highest BCUT2D eigenvalue weighted by atomic mass is 16.3. The van der Waals surface area contributed by atoms with Gasteiger partial charge in [-0.3, -0.25) is 0 Å². The molecular formula is C17H24N6O. The second-order valence-electron chi connectivity index (χ2n) is 5.69. The highest BCUT2D eigenvalue weighted by molar-refractivity contribution is 5.87. The van der Waals surface area contributed by atoms with Crippen LogP contribution in [-0.2, 0) is 19.6 Å². The fraction of sp³-hybridized carbons (Fsp3) is 0.471. The minimum atomic E-state index is -0.00358. The number of nitrogens with zero attached hydrogens (tertiary/aromatic N) is 5. The quantitative estimate of drug-likeness (QED) is 0.769. The maximum Gasteiger partial charge on any atom is 0.142 e. The van der Waals surface area contributed by atoms with E-state index in [2.05, 4.69) is 36.5 Å². The van der Waals surface area contributed by atoms with Crippen LogP contribution in [0.2, 0.25) is 0 Å². The predicted octanol–water partition coefficient (Wildman–Crippen LogP) is 2.12. The van der Waals surface area contributed by atoms with E-state index in [0.29, 0.717) is 6.04 Å². The number of aromatic nitrogens is 5. The van der Waals surface area contributed by atoms with E-state index in [-0.39, 0.29) is 6.61 Å². The van der Waals surface area contributed by atoms with Crippen LogP contribution in [0.3, 0.4) is 0 Å². The van der Waals surface area contributed by atoms with Crippen molar-refractivity contribution in [2.45, 2.75) is 45.9 Å². The Hall–Kier alpha value is -2.41. The molecule has 2 N–H and O–H groups in total. The molecule has 0 saturated carbocycles. The summed E-state index contributed by atoms with van der Waals surface area (Å²) in [6.07, 6.45) is 7.31. The molecule has 3 aromatic heterocycles. The van der Waals surface area contributed by atoms with Crippen LogP contribution in [0, 0.1) is 0 Å². The number of imidazole rings is 1. The van der Waals surface area contributed by atoms with E-state index < -0.39 is 0 Å². The topological polar surface area (TPSA) is 82.9 Å². The molecule has 7 nitrogen and oxygen atoms in total. The van der Waals surface area contributed by atoms with Gasteiger partial charge in [-0.15, -0.1) is 0 Å². The van der Waals surface area contributed by atoms with E-state index in [1.165, 1.54) is 0 Å². The van der Waals surface area contributed by atoms with Crippen LogP contribution < -0.4 is 4.90 Å². The van der Waals surface area contributed by atoms with Crippen molar-refractivity contribution in [3.63, 3.8) is 0 Å². The first-order valence-electron chi connectivity index (χ1n) is 8.43. The fourth-order valence-corrected chi connectivity index (χ4v) is 3.19. The third kappa shape index (κ3) is 2.87. The molecule has 0 amide bonds. The van der Waals surface area contributed by atoms with Gasteiger partial charge < -0.3 is 19.6 Å². The van der Waals surface area contributed by atoms with Gasteiger partial charge in [0, 0.05) is 38.4 Å². The molecule has 1 aliphatic heterocycles. The Balaban J connectivity index is 0.000000815. The predicted molar refractivity (Wildman–Crippen MR) is 93.9 cm³/mol. The van der Waals surface area contributed by atoms with E-state index in [4.69, 9.17) is 0 Å². The number of likely N-dealkylation sites (N-methyl/N-ethyl adjacent to an activating group) is 1. The van der Waals surface area contributed by atoms with Crippen LogP contribution >= 0.6 is 0 Å². The lowest BCUT2D eigenvalue weighted by molar-refractivity contribution is 0.277. The molecule has 3 aromatic rings. The van der Waals surface area contributed by atoms with Crippen molar-refractivity contribution in [3.05, 3.63) is 36.3 Å². The molecule has 1 aliphatic rings. The number of aryl methyl sites for hydroxylation is 1. The standard InChI is InChI=1S/C15H18N6O.C2H6/c1-20(15-12-2-4-16-14(12)17-9-18-15)11-3-5-21-7-10(8-22)19-13(21)6-11;1-2/h2,4,7,9,11,22H,3,5-6,8H2,1H3,(H,16,17,18);1-2H3. The molecule has 1 atom stereocenters. The normalized spacial score (nSPS) is 16.4. The molecular weight excluding hydrogens is 304 g/mol. The Morgan fingerprint density at radius 2 is 2.21 bits per heavy atom. The molecule has 4 rings (SSSR count). The van der Waals surface area contributed by atoms with E-state index in [1.54, 1.807) is 6.33 Å². The zero-order valence-corrected chi connectivity index (χ0v) is 14.4. The summed E-state index contributed by atoms with van der Waals surface area (Å²) in [5, 5.41) is 10.3. The lowest BCUT2D eigenvalue weighted by atomic mass is 10.0. The zero-order chi connectivity index (χ0) is 17.1. The van der Waals surface area contributed by atoms with Crippen LogP contribution in [0.25, 0.3) is 11.0 Å². The van der Waals surface area contributed by atoms with Gasteiger partial charge in [0.1, 0.15) is 23.6 Å². The van der Waals surface area contributed by atoms with Gasteiger partial charge in [-0.2, -0.15) is 0 Å². The van der Waals surface area contributed by atoms with E-state index in [1.807, 2.05) is 32.3 Å². The van der Waals surface area contributed by atoms with E-state index in [0.717, 1.165) is 47.8 Å². The van der Waals surface area contributed by atoms with Gasteiger partial charge in [-0.25, -0.2) is 15.0 Å². The van der Waals surface area contributed by atoms with Gasteiger partial charge in [0.2, 0.25) is 0 Å². The summed E-state index contributed by atoms with van der Waals surface area (Å²) < 4.78 is 2.14. The third-order valence-corrected chi connectivity index (χ3v) is 4.41. The number of rotatable bonds is 3. The summed E-state index contributed by atoms with van der Waals surface area (Å²) in [6.45, 7) is 4.91. The molecule has 0 fully saturated rings. The van der Waals surface area contributed by atoms with Crippen molar-refractivity contribution < 1.29 is 5.11 Å². The molecule has 4 heterocycles. The SMILES string of the molecule is CC.CN(c1ncnc2[nH]ccc12)C1CCn2cc(CO)nc2C1. The first-order chi connectivity index (χ1) is 11.8. The maximum atomic E-state index is 9.23. The molecule has 0 aromatic carbocycles. The number of hydrogen-bond acceptors (Lipinski definition) is 5. The number of aromatic amines is 1. The number of anilines is 1. The van der Waals surface area contributed by atoms with Gasteiger partial charge >= 0.3 is 0 Å².